The lowest BCUT2D eigenvalue weighted by molar-refractivity contribution is 0.647. The molecule has 0 amide bonds. The summed E-state index contributed by atoms with van der Waals surface area (Å²) in [6.45, 7) is 3.78. The molecule has 0 N–H and O–H groups in total. The van der Waals surface area contributed by atoms with Crippen LogP contribution in [-0.4, -0.2) is 40.8 Å². The lowest BCUT2D eigenvalue weighted by Crippen LogP contribution is -2.47. The zero-order valence-electron chi connectivity index (χ0n) is 12.1. The molecule has 0 unspecified atom stereocenters. The van der Waals surface area contributed by atoms with Crippen LogP contribution in [0.3, 0.4) is 0 Å². The molecule has 1 aliphatic heterocycles. The molecule has 0 radical (unpaired) electrons. The molecule has 0 atom stereocenters. The van der Waals surface area contributed by atoms with Crippen molar-refractivity contribution in [1.82, 2.24) is 14.6 Å². The van der Waals surface area contributed by atoms with Gasteiger partial charge < -0.3 is 9.80 Å². The Balaban J connectivity index is 1.53. The van der Waals surface area contributed by atoms with E-state index in [9.17, 15) is 0 Å². The van der Waals surface area contributed by atoms with E-state index in [1.807, 2.05) is 41.2 Å². The SMILES string of the molecule is Clc1cccc(N2CCN(c3nccn4nccc34)CC2)c1. The number of piperazine rings is 1. The van der Waals surface area contributed by atoms with Gasteiger partial charge in [-0.1, -0.05) is 17.7 Å². The Kier molecular flexibility index (Phi) is 3.35. The van der Waals surface area contributed by atoms with Crippen LogP contribution in [0.15, 0.2) is 48.9 Å². The topological polar surface area (TPSA) is 36.7 Å². The van der Waals surface area contributed by atoms with Crippen molar-refractivity contribution in [2.75, 3.05) is 36.0 Å². The largest absolute Gasteiger partial charge is 0.368 e. The van der Waals surface area contributed by atoms with Gasteiger partial charge in [-0.25, -0.2) is 9.50 Å². The summed E-state index contributed by atoms with van der Waals surface area (Å²) in [7, 11) is 0. The molecule has 1 fully saturated rings. The van der Waals surface area contributed by atoms with Crippen LogP contribution in [0, 0.1) is 0 Å². The smallest absolute Gasteiger partial charge is 0.154 e. The monoisotopic (exact) mass is 313 g/mol. The van der Waals surface area contributed by atoms with Crippen LogP contribution in [0.2, 0.25) is 5.02 Å². The number of aromatic nitrogens is 3. The van der Waals surface area contributed by atoms with E-state index >= 15 is 0 Å². The summed E-state index contributed by atoms with van der Waals surface area (Å²) in [6.07, 6.45) is 5.49. The van der Waals surface area contributed by atoms with Gasteiger partial charge in [0, 0.05) is 49.3 Å². The summed E-state index contributed by atoms with van der Waals surface area (Å²) in [5.41, 5.74) is 2.24. The summed E-state index contributed by atoms with van der Waals surface area (Å²) >= 11 is 6.08. The molecule has 0 spiro atoms. The quantitative estimate of drug-likeness (QED) is 0.729. The van der Waals surface area contributed by atoms with Gasteiger partial charge in [0.1, 0.15) is 5.52 Å². The molecule has 5 nitrogen and oxygen atoms in total. The Hall–Kier alpha value is -2.27. The molecule has 0 saturated carbocycles. The Morgan fingerprint density at radius 3 is 2.59 bits per heavy atom. The maximum absolute atomic E-state index is 6.08. The number of rotatable bonds is 2. The molecule has 1 aromatic carbocycles. The highest BCUT2D eigenvalue weighted by Crippen LogP contribution is 2.24. The molecule has 0 aliphatic carbocycles. The molecule has 1 saturated heterocycles. The first-order chi connectivity index (χ1) is 10.8. The zero-order chi connectivity index (χ0) is 14.9. The summed E-state index contributed by atoms with van der Waals surface area (Å²) in [5.74, 6) is 1.01. The van der Waals surface area contributed by atoms with Crippen LogP contribution in [0.25, 0.3) is 5.52 Å². The first-order valence-electron chi connectivity index (χ1n) is 7.35. The van der Waals surface area contributed by atoms with Crippen molar-refractivity contribution in [1.29, 1.82) is 0 Å². The molecule has 22 heavy (non-hydrogen) atoms. The van der Waals surface area contributed by atoms with Gasteiger partial charge in [-0.05, 0) is 24.3 Å². The van der Waals surface area contributed by atoms with Crippen LogP contribution in [0.4, 0.5) is 11.5 Å². The first-order valence-corrected chi connectivity index (χ1v) is 7.73. The second-order valence-electron chi connectivity index (χ2n) is 5.37. The molecule has 1 aliphatic rings. The Bertz CT molecular complexity index is 792. The highest BCUT2D eigenvalue weighted by Gasteiger charge is 2.20. The number of anilines is 2. The fourth-order valence-electron chi connectivity index (χ4n) is 2.94. The number of hydrogen-bond donors (Lipinski definition) is 0. The molecule has 2 aromatic heterocycles. The molecule has 3 aromatic rings. The van der Waals surface area contributed by atoms with Crippen LogP contribution in [0.1, 0.15) is 0 Å². The average molecular weight is 314 g/mol. The van der Waals surface area contributed by atoms with E-state index in [0.717, 1.165) is 42.5 Å². The van der Waals surface area contributed by atoms with Crippen LogP contribution < -0.4 is 9.80 Å². The molecule has 3 heterocycles. The number of fused-ring (bicyclic) bond motifs is 1. The lowest BCUT2D eigenvalue weighted by Gasteiger charge is -2.36. The van der Waals surface area contributed by atoms with Gasteiger partial charge in [-0.3, -0.25) is 0 Å². The second kappa shape index (κ2) is 5.50. The summed E-state index contributed by atoms with van der Waals surface area (Å²) in [6, 6.07) is 10.0. The Morgan fingerprint density at radius 2 is 1.77 bits per heavy atom. The Labute approximate surface area is 133 Å². The van der Waals surface area contributed by atoms with Crippen LogP contribution >= 0.6 is 11.6 Å². The van der Waals surface area contributed by atoms with Gasteiger partial charge >= 0.3 is 0 Å². The van der Waals surface area contributed by atoms with Crippen LogP contribution in [0.5, 0.6) is 0 Å². The van der Waals surface area contributed by atoms with Crippen LogP contribution in [-0.2, 0) is 0 Å². The summed E-state index contributed by atoms with van der Waals surface area (Å²) in [5, 5.41) is 5.05. The highest BCUT2D eigenvalue weighted by molar-refractivity contribution is 6.30. The summed E-state index contributed by atoms with van der Waals surface area (Å²) in [4.78, 5) is 9.22. The number of benzene rings is 1. The molecular formula is C16H16ClN5. The molecule has 0 bridgehead atoms. The lowest BCUT2D eigenvalue weighted by atomic mass is 10.2. The number of nitrogens with zero attached hydrogens (tertiary/aromatic N) is 5. The van der Waals surface area contributed by atoms with Crippen molar-refractivity contribution in [3.8, 4) is 0 Å². The minimum Gasteiger partial charge on any atom is -0.368 e. The maximum Gasteiger partial charge on any atom is 0.154 e. The molecule has 6 heteroatoms. The van der Waals surface area contributed by atoms with E-state index in [1.54, 1.807) is 6.20 Å². The molecule has 112 valence electrons. The fraction of sp³-hybridized carbons (Fsp3) is 0.250. The van der Waals surface area contributed by atoms with E-state index in [4.69, 9.17) is 11.6 Å². The van der Waals surface area contributed by atoms with Crippen molar-refractivity contribution in [2.24, 2.45) is 0 Å². The predicted molar refractivity (Wildman–Crippen MR) is 88.9 cm³/mol. The van der Waals surface area contributed by atoms with Gasteiger partial charge in [0.25, 0.3) is 0 Å². The van der Waals surface area contributed by atoms with Crippen molar-refractivity contribution in [3.05, 3.63) is 53.9 Å². The minimum atomic E-state index is 0.783. The van der Waals surface area contributed by atoms with Gasteiger partial charge in [0.05, 0.1) is 6.20 Å². The molecule has 4 rings (SSSR count). The highest BCUT2D eigenvalue weighted by atomic mass is 35.5. The van der Waals surface area contributed by atoms with Gasteiger partial charge in [-0.2, -0.15) is 5.10 Å². The van der Waals surface area contributed by atoms with Crippen molar-refractivity contribution in [2.45, 2.75) is 0 Å². The van der Waals surface area contributed by atoms with Crippen molar-refractivity contribution < 1.29 is 0 Å². The van der Waals surface area contributed by atoms with Crippen molar-refractivity contribution >= 4 is 28.6 Å². The normalized spacial score (nSPS) is 15.5. The van der Waals surface area contributed by atoms with E-state index in [2.05, 4.69) is 25.9 Å². The van der Waals surface area contributed by atoms with Gasteiger partial charge in [-0.15, -0.1) is 0 Å². The standard InChI is InChI=1S/C16H16ClN5/c17-13-2-1-3-14(12-13)20-8-10-21(11-9-20)16-15-4-5-19-22(15)7-6-18-16/h1-7,12H,8-11H2. The second-order valence-corrected chi connectivity index (χ2v) is 5.80. The van der Waals surface area contributed by atoms with E-state index in [-0.39, 0.29) is 0 Å². The number of halogens is 1. The third-order valence-corrected chi connectivity index (χ3v) is 4.29. The fourth-order valence-corrected chi connectivity index (χ4v) is 3.12. The number of hydrogen-bond acceptors (Lipinski definition) is 4. The maximum atomic E-state index is 6.08. The first kappa shape index (κ1) is 13.4. The molecular weight excluding hydrogens is 298 g/mol. The average Bonchev–Trinajstić information content (AvgIpc) is 3.04. The predicted octanol–water partition coefficient (Wildman–Crippen LogP) is 2.71. The summed E-state index contributed by atoms with van der Waals surface area (Å²) < 4.78 is 1.87. The third kappa shape index (κ3) is 2.37. The minimum absolute atomic E-state index is 0.783. The van der Waals surface area contributed by atoms with Crippen molar-refractivity contribution in [3.63, 3.8) is 0 Å². The zero-order valence-corrected chi connectivity index (χ0v) is 12.8. The Morgan fingerprint density at radius 1 is 0.955 bits per heavy atom. The van der Waals surface area contributed by atoms with Gasteiger partial charge in [0.15, 0.2) is 5.82 Å². The van der Waals surface area contributed by atoms with Gasteiger partial charge in [0.2, 0.25) is 0 Å². The van der Waals surface area contributed by atoms with E-state index in [1.165, 1.54) is 5.69 Å². The van der Waals surface area contributed by atoms with E-state index in [0.29, 0.717) is 0 Å². The third-order valence-electron chi connectivity index (χ3n) is 4.06. The van der Waals surface area contributed by atoms with E-state index < -0.39 is 0 Å².